The molecule has 1 unspecified atom stereocenters. The van der Waals surface area contributed by atoms with Crippen molar-refractivity contribution in [3.63, 3.8) is 0 Å². The fraction of sp³-hybridized carbons (Fsp3) is 0.100. The fourth-order valence-corrected chi connectivity index (χ4v) is 2.89. The van der Waals surface area contributed by atoms with Crippen LogP contribution < -0.4 is 5.32 Å². The van der Waals surface area contributed by atoms with Gasteiger partial charge in [0.1, 0.15) is 17.7 Å². The van der Waals surface area contributed by atoms with Crippen molar-refractivity contribution in [2.24, 2.45) is 7.05 Å². The van der Waals surface area contributed by atoms with Crippen molar-refractivity contribution in [1.82, 2.24) is 14.9 Å². The number of halogens is 3. The molecule has 0 fully saturated rings. The van der Waals surface area contributed by atoms with Gasteiger partial charge in [0, 0.05) is 25.5 Å². The molecule has 7 heteroatoms. The van der Waals surface area contributed by atoms with E-state index in [0.29, 0.717) is 15.9 Å². The van der Waals surface area contributed by atoms with E-state index in [1.165, 1.54) is 18.2 Å². The number of aromatic nitrogens is 2. The van der Waals surface area contributed by atoms with Gasteiger partial charge in [0.25, 0.3) is 0 Å². The molecule has 1 atom stereocenters. The second-order valence-corrected chi connectivity index (χ2v) is 6.71. The number of carbonyl (C=O) groups excluding carboxylic acids is 1. The van der Waals surface area contributed by atoms with Gasteiger partial charge in [0.2, 0.25) is 5.91 Å². The molecule has 0 bridgehead atoms. The number of rotatable bonds is 5. The standard InChI is InChI=1S/C20H16Cl2FN3O/c1-26-11-10-24-20(26)19(14-4-6-15(23)7-5-14)25-18(27)9-3-13-2-8-16(21)17(22)12-13/h2-12,19H,1H3,(H,25,27)/b9-3+. The summed E-state index contributed by atoms with van der Waals surface area (Å²) in [7, 11) is 1.83. The van der Waals surface area contributed by atoms with Gasteiger partial charge in [0.15, 0.2) is 0 Å². The largest absolute Gasteiger partial charge is 0.339 e. The van der Waals surface area contributed by atoms with E-state index >= 15 is 0 Å². The van der Waals surface area contributed by atoms with E-state index in [1.54, 1.807) is 53.4 Å². The van der Waals surface area contributed by atoms with Gasteiger partial charge in [-0.3, -0.25) is 4.79 Å². The molecular formula is C20H16Cl2FN3O. The molecule has 0 radical (unpaired) electrons. The molecule has 3 aromatic rings. The Hall–Kier alpha value is -2.63. The maximum atomic E-state index is 13.3. The Bertz CT molecular complexity index is 983. The number of nitrogens with zero attached hydrogens (tertiary/aromatic N) is 2. The van der Waals surface area contributed by atoms with Crippen LogP contribution in [0.2, 0.25) is 10.0 Å². The highest BCUT2D eigenvalue weighted by Crippen LogP contribution is 2.23. The zero-order chi connectivity index (χ0) is 19.4. The summed E-state index contributed by atoms with van der Waals surface area (Å²) in [6.07, 6.45) is 6.46. The molecule has 0 aliphatic carbocycles. The first-order chi connectivity index (χ1) is 12.9. The highest BCUT2D eigenvalue weighted by Gasteiger charge is 2.19. The Balaban J connectivity index is 1.82. The van der Waals surface area contributed by atoms with Crippen molar-refractivity contribution in [2.45, 2.75) is 6.04 Å². The summed E-state index contributed by atoms with van der Waals surface area (Å²) < 4.78 is 15.1. The zero-order valence-corrected chi connectivity index (χ0v) is 15.9. The van der Waals surface area contributed by atoms with Crippen LogP contribution in [0.1, 0.15) is 23.0 Å². The van der Waals surface area contributed by atoms with Gasteiger partial charge >= 0.3 is 0 Å². The number of imidazole rings is 1. The Kier molecular flexibility index (Phi) is 5.94. The van der Waals surface area contributed by atoms with Crippen LogP contribution in [0, 0.1) is 5.82 Å². The summed E-state index contributed by atoms with van der Waals surface area (Å²) in [4.78, 5) is 16.8. The lowest BCUT2D eigenvalue weighted by molar-refractivity contribution is -0.117. The van der Waals surface area contributed by atoms with Gasteiger partial charge in [-0.15, -0.1) is 0 Å². The zero-order valence-electron chi connectivity index (χ0n) is 14.4. The monoisotopic (exact) mass is 403 g/mol. The molecule has 138 valence electrons. The van der Waals surface area contributed by atoms with E-state index in [0.717, 1.165) is 11.1 Å². The first-order valence-electron chi connectivity index (χ1n) is 8.10. The third kappa shape index (κ3) is 4.76. The second-order valence-electron chi connectivity index (χ2n) is 5.90. The summed E-state index contributed by atoms with van der Waals surface area (Å²) in [6.45, 7) is 0. The molecule has 3 rings (SSSR count). The predicted octanol–water partition coefficient (Wildman–Crippen LogP) is 4.79. The van der Waals surface area contributed by atoms with Crippen molar-refractivity contribution >= 4 is 35.2 Å². The molecule has 0 aliphatic rings. The second kappa shape index (κ2) is 8.37. The molecule has 0 spiro atoms. The first kappa shape index (κ1) is 19.1. The first-order valence-corrected chi connectivity index (χ1v) is 8.86. The Morgan fingerprint density at radius 3 is 2.56 bits per heavy atom. The minimum atomic E-state index is -0.517. The van der Waals surface area contributed by atoms with Crippen LogP contribution in [0.4, 0.5) is 4.39 Å². The highest BCUT2D eigenvalue weighted by molar-refractivity contribution is 6.42. The van der Waals surface area contributed by atoms with E-state index < -0.39 is 6.04 Å². The fourth-order valence-electron chi connectivity index (χ4n) is 2.59. The molecule has 1 aromatic heterocycles. The number of carbonyl (C=O) groups is 1. The summed E-state index contributed by atoms with van der Waals surface area (Å²) >= 11 is 11.9. The lowest BCUT2D eigenvalue weighted by Gasteiger charge is -2.18. The molecule has 1 amide bonds. The topological polar surface area (TPSA) is 46.9 Å². The number of nitrogens with one attached hydrogen (secondary N) is 1. The van der Waals surface area contributed by atoms with Gasteiger partial charge in [-0.2, -0.15) is 0 Å². The average molecular weight is 404 g/mol. The lowest BCUT2D eigenvalue weighted by atomic mass is 10.1. The van der Waals surface area contributed by atoms with Crippen LogP contribution in [0.15, 0.2) is 60.9 Å². The highest BCUT2D eigenvalue weighted by atomic mass is 35.5. The molecule has 1 N–H and O–H groups in total. The summed E-state index contributed by atoms with van der Waals surface area (Å²) in [6, 6.07) is 10.5. The molecular weight excluding hydrogens is 388 g/mol. The number of aryl methyl sites for hydroxylation is 1. The molecule has 0 aliphatic heterocycles. The minimum Gasteiger partial charge on any atom is -0.339 e. The number of hydrogen-bond acceptors (Lipinski definition) is 2. The molecule has 0 saturated heterocycles. The van der Waals surface area contributed by atoms with E-state index in [1.807, 2.05) is 7.05 Å². The molecule has 4 nitrogen and oxygen atoms in total. The van der Waals surface area contributed by atoms with Gasteiger partial charge in [-0.05, 0) is 41.5 Å². The van der Waals surface area contributed by atoms with Crippen molar-refractivity contribution in [3.05, 3.63) is 93.7 Å². The normalized spacial score (nSPS) is 12.3. The summed E-state index contributed by atoms with van der Waals surface area (Å²) in [5.41, 5.74) is 1.47. The maximum Gasteiger partial charge on any atom is 0.244 e. The van der Waals surface area contributed by atoms with Crippen LogP contribution in [-0.2, 0) is 11.8 Å². The number of hydrogen-bond donors (Lipinski definition) is 1. The number of amides is 1. The van der Waals surface area contributed by atoms with Gasteiger partial charge in [-0.25, -0.2) is 9.37 Å². The third-order valence-corrected chi connectivity index (χ3v) is 4.72. The van der Waals surface area contributed by atoms with Gasteiger partial charge in [0.05, 0.1) is 10.0 Å². The van der Waals surface area contributed by atoms with E-state index in [4.69, 9.17) is 23.2 Å². The van der Waals surface area contributed by atoms with Crippen molar-refractivity contribution < 1.29 is 9.18 Å². The summed E-state index contributed by atoms with van der Waals surface area (Å²) in [5.74, 6) is -0.0283. The van der Waals surface area contributed by atoms with E-state index in [2.05, 4.69) is 10.3 Å². The van der Waals surface area contributed by atoms with Gasteiger partial charge in [-0.1, -0.05) is 41.4 Å². The van der Waals surface area contributed by atoms with Crippen LogP contribution >= 0.6 is 23.2 Å². The van der Waals surface area contributed by atoms with Crippen LogP contribution in [0.3, 0.4) is 0 Å². The maximum absolute atomic E-state index is 13.3. The Morgan fingerprint density at radius 2 is 1.93 bits per heavy atom. The van der Waals surface area contributed by atoms with Gasteiger partial charge < -0.3 is 9.88 Å². The Labute approximate surface area is 166 Å². The van der Waals surface area contributed by atoms with E-state index in [9.17, 15) is 9.18 Å². The number of benzene rings is 2. The van der Waals surface area contributed by atoms with Crippen molar-refractivity contribution in [2.75, 3.05) is 0 Å². The molecule has 1 heterocycles. The van der Waals surface area contributed by atoms with Crippen LogP contribution in [0.5, 0.6) is 0 Å². The minimum absolute atomic E-state index is 0.321. The van der Waals surface area contributed by atoms with E-state index in [-0.39, 0.29) is 11.7 Å². The van der Waals surface area contributed by atoms with Crippen LogP contribution in [-0.4, -0.2) is 15.5 Å². The Morgan fingerprint density at radius 1 is 1.19 bits per heavy atom. The molecule has 0 saturated carbocycles. The van der Waals surface area contributed by atoms with Crippen molar-refractivity contribution in [1.29, 1.82) is 0 Å². The van der Waals surface area contributed by atoms with Crippen molar-refractivity contribution in [3.8, 4) is 0 Å². The SMILES string of the molecule is Cn1ccnc1C(NC(=O)/C=C/c1ccc(Cl)c(Cl)c1)c1ccc(F)cc1. The van der Waals surface area contributed by atoms with Crippen LogP contribution in [0.25, 0.3) is 6.08 Å². The smallest absolute Gasteiger partial charge is 0.244 e. The quantitative estimate of drug-likeness (QED) is 0.622. The predicted molar refractivity (Wildman–Crippen MR) is 105 cm³/mol. The lowest BCUT2D eigenvalue weighted by Crippen LogP contribution is -2.29. The average Bonchev–Trinajstić information content (AvgIpc) is 3.07. The molecule has 2 aromatic carbocycles. The molecule has 27 heavy (non-hydrogen) atoms. The summed E-state index contributed by atoms with van der Waals surface area (Å²) in [5, 5.41) is 3.76. The third-order valence-electron chi connectivity index (χ3n) is 3.98.